The van der Waals surface area contributed by atoms with Crippen molar-refractivity contribution >= 4 is 23.4 Å². The third-order valence-corrected chi connectivity index (χ3v) is 4.51. The van der Waals surface area contributed by atoms with Crippen LogP contribution >= 0.6 is 11.8 Å². The van der Waals surface area contributed by atoms with E-state index in [2.05, 4.69) is 20.8 Å². The molecule has 0 aliphatic carbocycles. The summed E-state index contributed by atoms with van der Waals surface area (Å²) in [4.78, 5) is 11.2. The number of aromatic nitrogens is 4. The molecule has 0 radical (unpaired) electrons. The Labute approximate surface area is 168 Å². The molecule has 0 unspecified atom stereocenters. The fourth-order valence-corrected chi connectivity index (χ4v) is 3.22. The van der Waals surface area contributed by atoms with Crippen molar-refractivity contribution in [3.05, 3.63) is 54.1 Å². The van der Waals surface area contributed by atoms with Crippen molar-refractivity contribution in [2.24, 2.45) is 0 Å². The number of nitrogens with one attached hydrogen (secondary N) is 1. The van der Waals surface area contributed by atoms with Crippen molar-refractivity contribution in [1.29, 1.82) is 0 Å². The van der Waals surface area contributed by atoms with Gasteiger partial charge in [0.25, 0.3) is 0 Å². The van der Waals surface area contributed by atoms with E-state index in [4.69, 9.17) is 4.74 Å². The molecule has 0 bridgehead atoms. The predicted octanol–water partition coefficient (Wildman–Crippen LogP) is 3.85. The topological polar surface area (TPSA) is 81.9 Å². The number of halogens is 3. The summed E-state index contributed by atoms with van der Waals surface area (Å²) in [5.41, 5.74) is 2.03. The fraction of sp³-hybridized carbons (Fsp3) is 0.222. The van der Waals surface area contributed by atoms with E-state index in [1.165, 1.54) is 29.4 Å². The number of thioether (sulfide) groups is 1. The van der Waals surface area contributed by atoms with Crippen LogP contribution in [0.4, 0.5) is 18.9 Å². The Balaban J connectivity index is 1.69. The molecule has 152 valence electrons. The molecule has 29 heavy (non-hydrogen) atoms. The average Bonchev–Trinajstić information content (AvgIpc) is 3.13. The molecule has 0 saturated carbocycles. The molecular formula is C18H16F3N5O2S. The summed E-state index contributed by atoms with van der Waals surface area (Å²) in [7, 11) is 0. The van der Waals surface area contributed by atoms with Crippen LogP contribution in [0.25, 0.3) is 5.69 Å². The van der Waals surface area contributed by atoms with Gasteiger partial charge in [0.15, 0.2) is 6.61 Å². The summed E-state index contributed by atoms with van der Waals surface area (Å²) >= 11 is 1.32. The molecule has 1 heterocycles. The molecule has 0 saturated heterocycles. The van der Waals surface area contributed by atoms with E-state index in [1.54, 1.807) is 42.5 Å². The second kappa shape index (κ2) is 8.95. The van der Waals surface area contributed by atoms with Crippen LogP contribution in [0.3, 0.4) is 0 Å². The van der Waals surface area contributed by atoms with E-state index in [1.807, 2.05) is 0 Å². The zero-order chi connectivity index (χ0) is 20.9. The molecule has 1 amide bonds. The number of nitrogens with zero attached hydrogens (tertiary/aromatic N) is 4. The number of alkyl halides is 3. The van der Waals surface area contributed by atoms with Crippen molar-refractivity contribution in [2.75, 3.05) is 11.9 Å². The van der Waals surface area contributed by atoms with Crippen LogP contribution in [0.2, 0.25) is 0 Å². The number of ether oxygens (including phenoxy) is 1. The van der Waals surface area contributed by atoms with Crippen molar-refractivity contribution in [1.82, 2.24) is 20.2 Å². The maximum Gasteiger partial charge on any atom is 0.422 e. The van der Waals surface area contributed by atoms with Gasteiger partial charge in [-0.25, -0.2) is 0 Å². The van der Waals surface area contributed by atoms with E-state index in [0.717, 1.165) is 5.56 Å². The molecule has 0 spiro atoms. The van der Waals surface area contributed by atoms with Gasteiger partial charge >= 0.3 is 6.18 Å². The molecule has 11 heteroatoms. The number of benzene rings is 2. The van der Waals surface area contributed by atoms with E-state index < -0.39 is 12.8 Å². The van der Waals surface area contributed by atoms with Crippen LogP contribution < -0.4 is 10.1 Å². The molecule has 7 nitrogen and oxygen atoms in total. The first kappa shape index (κ1) is 20.6. The van der Waals surface area contributed by atoms with E-state index in [0.29, 0.717) is 22.3 Å². The van der Waals surface area contributed by atoms with Crippen LogP contribution in [0, 0.1) is 0 Å². The number of hydrogen-bond acceptors (Lipinski definition) is 6. The van der Waals surface area contributed by atoms with Crippen molar-refractivity contribution in [3.8, 4) is 11.4 Å². The number of amides is 1. The number of carbonyl (C=O) groups is 1. The van der Waals surface area contributed by atoms with Crippen LogP contribution in [-0.4, -0.2) is 38.9 Å². The molecule has 0 aliphatic heterocycles. The lowest BCUT2D eigenvalue weighted by molar-refractivity contribution is -0.153. The monoisotopic (exact) mass is 423 g/mol. The Morgan fingerprint density at radius 1 is 1.21 bits per heavy atom. The maximum absolute atomic E-state index is 12.3. The van der Waals surface area contributed by atoms with Crippen molar-refractivity contribution in [2.45, 2.75) is 24.0 Å². The summed E-state index contributed by atoms with van der Waals surface area (Å²) in [5, 5.41) is 14.8. The zero-order valence-electron chi connectivity index (χ0n) is 15.2. The lowest BCUT2D eigenvalue weighted by Crippen LogP contribution is -2.19. The minimum absolute atomic E-state index is 0.142. The highest BCUT2D eigenvalue weighted by Crippen LogP contribution is 2.26. The van der Waals surface area contributed by atoms with E-state index in [-0.39, 0.29) is 11.7 Å². The Bertz CT molecular complexity index is 993. The number of hydrogen-bond donors (Lipinski definition) is 1. The summed E-state index contributed by atoms with van der Waals surface area (Å²) < 4.78 is 43.2. The molecule has 2 aromatic carbocycles. The molecular weight excluding hydrogens is 407 g/mol. The minimum atomic E-state index is -4.39. The van der Waals surface area contributed by atoms with Gasteiger partial charge in [-0.05, 0) is 46.3 Å². The lowest BCUT2D eigenvalue weighted by atomic mass is 10.2. The van der Waals surface area contributed by atoms with Crippen molar-refractivity contribution in [3.63, 3.8) is 0 Å². The molecule has 0 fully saturated rings. The Morgan fingerprint density at radius 3 is 2.76 bits per heavy atom. The van der Waals surface area contributed by atoms with Gasteiger partial charge in [-0.1, -0.05) is 30.0 Å². The highest BCUT2D eigenvalue weighted by atomic mass is 32.2. The third-order valence-electron chi connectivity index (χ3n) is 3.52. The van der Waals surface area contributed by atoms with E-state index in [9.17, 15) is 18.0 Å². The molecule has 1 N–H and O–H groups in total. The first-order valence-corrected chi connectivity index (χ1v) is 9.36. The number of rotatable bonds is 7. The van der Waals surface area contributed by atoms with Crippen LogP contribution in [0.1, 0.15) is 12.5 Å². The molecule has 3 aromatic rings. The highest BCUT2D eigenvalue weighted by molar-refractivity contribution is 7.98. The summed E-state index contributed by atoms with van der Waals surface area (Å²) in [6.07, 6.45) is -4.39. The van der Waals surface area contributed by atoms with Gasteiger partial charge in [0, 0.05) is 18.4 Å². The van der Waals surface area contributed by atoms with Crippen LogP contribution in [0.15, 0.2) is 53.7 Å². The lowest BCUT2D eigenvalue weighted by Gasteiger charge is -2.10. The molecule has 0 atom stereocenters. The minimum Gasteiger partial charge on any atom is -0.484 e. The van der Waals surface area contributed by atoms with E-state index >= 15 is 0 Å². The molecule has 0 aliphatic rings. The van der Waals surface area contributed by atoms with Crippen LogP contribution in [0.5, 0.6) is 5.75 Å². The second-order valence-electron chi connectivity index (χ2n) is 5.94. The quantitative estimate of drug-likeness (QED) is 0.582. The zero-order valence-corrected chi connectivity index (χ0v) is 16.0. The largest absolute Gasteiger partial charge is 0.484 e. The first-order valence-electron chi connectivity index (χ1n) is 8.38. The van der Waals surface area contributed by atoms with Gasteiger partial charge in [-0.15, -0.1) is 5.10 Å². The Kier molecular flexibility index (Phi) is 6.37. The summed E-state index contributed by atoms with van der Waals surface area (Å²) in [5.74, 6) is 0.374. The summed E-state index contributed by atoms with van der Waals surface area (Å²) in [6, 6.07) is 13.4. The molecule has 1 aromatic heterocycles. The molecule has 3 rings (SSSR count). The van der Waals surface area contributed by atoms with Gasteiger partial charge in [0.05, 0.1) is 5.69 Å². The van der Waals surface area contributed by atoms with Gasteiger partial charge in [0.2, 0.25) is 11.1 Å². The maximum atomic E-state index is 12.3. The standard InChI is InChI=1S/C18H16F3N5O2S/c1-12(27)22-14-5-3-6-15(9-14)26-17(23-24-25-26)29-10-13-4-2-7-16(8-13)28-11-18(19,20)21/h2-9H,10-11H2,1H3,(H,22,27). The SMILES string of the molecule is CC(=O)Nc1cccc(-n2nnnc2SCc2cccc(OCC(F)(F)F)c2)c1. The number of anilines is 1. The van der Waals surface area contributed by atoms with Crippen molar-refractivity contribution < 1.29 is 22.7 Å². The Morgan fingerprint density at radius 2 is 2.00 bits per heavy atom. The van der Waals surface area contributed by atoms with Gasteiger partial charge in [-0.2, -0.15) is 17.9 Å². The van der Waals surface area contributed by atoms with Gasteiger partial charge in [-0.3, -0.25) is 4.79 Å². The van der Waals surface area contributed by atoms with Gasteiger partial charge in [0.1, 0.15) is 5.75 Å². The summed E-state index contributed by atoms with van der Waals surface area (Å²) in [6.45, 7) is 0.0734. The average molecular weight is 423 g/mol. The highest BCUT2D eigenvalue weighted by Gasteiger charge is 2.28. The first-order chi connectivity index (χ1) is 13.8. The van der Waals surface area contributed by atoms with Gasteiger partial charge < -0.3 is 10.1 Å². The normalized spacial score (nSPS) is 11.3. The number of tetrazole rings is 1. The van der Waals surface area contributed by atoms with Crippen LogP contribution in [-0.2, 0) is 10.5 Å². The number of carbonyl (C=O) groups excluding carboxylic acids is 1. The fourth-order valence-electron chi connectivity index (χ4n) is 2.39. The second-order valence-corrected chi connectivity index (χ2v) is 6.89. The Hall–Kier alpha value is -3.08. The predicted molar refractivity (Wildman–Crippen MR) is 101 cm³/mol. The smallest absolute Gasteiger partial charge is 0.422 e. The third kappa shape index (κ3) is 6.21.